The first-order chi connectivity index (χ1) is 11.5. The van der Waals surface area contributed by atoms with E-state index in [1.165, 1.54) is 0 Å². The second-order valence-electron chi connectivity index (χ2n) is 8.55. The lowest BCUT2D eigenvalue weighted by atomic mass is 9.73. The number of likely N-dealkylation sites (tertiary alicyclic amines) is 1. The molecule has 25 heavy (non-hydrogen) atoms. The Hall–Kier alpha value is -1.50. The molecule has 1 fully saturated rings. The quantitative estimate of drug-likeness (QED) is 0.496. The van der Waals surface area contributed by atoms with Crippen LogP contribution in [0.1, 0.15) is 73.1 Å². The Morgan fingerprint density at radius 2 is 1.60 bits per heavy atom. The van der Waals surface area contributed by atoms with E-state index in [1.54, 1.807) is 0 Å². The van der Waals surface area contributed by atoms with E-state index in [0.29, 0.717) is 12.5 Å². The number of carbonyl (C=O) groups is 2. The van der Waals surface area contributed by atoms with Gasteiger partial charge in [-0.3, -0.25) is 4.90 Å². The van der Waals surface area contributed by atoms with Crippen LogP contribution in [0.3, 0.4) is 0 Å². The van der Waals surface area contributed by atoms with Gasteiger partial charge >= 0.3 is 12.2 Å². The van der Waals surface area contributed by atoms with Gasteiger partial charge in [0.2, 0.25) is 0 Å². The molecule has 0 aliphatic carbocycles. The molecular formula is C18H35N3O4. The fourth-order valence-electron chi connectivity index (χ4n) is 4.88. The highest BCUT2D eigenvalue weighted by atomic mass is 16.4. The molecule has 2 amide bonds. The summed E-state index contributed by atoms with van der Waals surface area (Å²) in [5.41, 5.74) is -0.168. The molecule has 4 N–H and O–H groups in total. The first-order valence-electron chi connectivity index (χ1n) is 9.21. The molecule has 7 nitrogen and oxygen atoms in total. The van der Waals surface area contributed by atoms with Gasteiger partial charge in [0.15, 0.2) is 0 Å². The van der Waals surface area contributed by atoms with Gasteiger partial charge in [-0.1, -0.05) is 13.3 Å². The Balaban J connectivity index is 2.72. The van der Waals surface area contributed by atoms with Crippen molar-refractivity contribution in [2.75, 3.05) is 6.54 Å². The summed E-state index contributed by atoms with van der Waals surface area (Å²) in [6.45, 7) is 11.5. The number of amides is 2. The Morgan fingerprint density at radius 1 is 1.04 bits per heavy atom. The van der Waals surface area contributed by atoms with Crippen molar-refractivity contribution in [3.05, 3.63) is 0 Å². The van der Waals surface area contributed by atoms with Gasteiger partial charge in [0, 0.05) is 17.6 Å². The van der Waals surface area contributed by atoms with Crippen LogP contribution >= 0.6 is 0 Å². The van der Waals surface area contributed by atoms with E-state index in [1.807, 2.05) is 0 Å². The summed E-state index contributed by atoms with van der Waals surface area (Å²) in [4.78, 5) is 24.1. The number of carboxylic acid groups (broad SMARTS) is 2. The first-order valence-corrected chi connectivity index (χ1v) is 9.21. The Labute approximate surface area is 151 Å². The van der Waals surface area contributed by atoms with Crippen LogP contribution in [0, 0.1) is 5.92 Å². The van der Waals surface area contributed by atoms with Gasteiger partial charge in [0.05, 0.1) is 6.17 Å². The van der Waals surface area contributed by atoms with Crippen molar-refractivity contribution in [3.8, 4) is 0 Å². The van der Waals surface area contributed by atoms with Crippen molar-refractivity contribution in [2.24, 2.45) is 5.92 Å². The number of hydrogen-bond acceptors (Lipinski definition) is 3. The van der Waals surface area contributed by atoms with Crippen molar-refractivity contribution in [2.45, 2.75) is 90.4 Å². The van der Waals surface area contributed by atoms with E-state index in [9.17, 15) is 14.7 Å². The molecule has 7 heteroatoms. The Morgan fingerprint density at radius 3 is 2.08 bits per heavy atom. The van der Waals surface area contributed by atoms with Crippen LogP contribution in [0.5, 0.6) is 0 Å². The summed E-state index contributed by atoms with van der Waals surface area (Å²) >= 11 is 0. The van der Waals surface area contributed by atoms with E-state index in [4.69, 9.17) is 5.11 Å². The van der Waals surface area contributed by atoms with Crippen LogP contribution in [0.15, 0.2) is 0 Å². The van der Waals surface area contributed by atoms with E-state index < -0.39 is 12.2 Å². The van der Waals surface area contributed by atoms with Gasteiger partial charge in [-0.15, -0.1) is 0 Å². The maximum Gasteiger partial charge on any atom is 0.405 e. The van der Waals surface area contributed by atoms with Gasteiger partial charge < -0.3 is 20.8 Å². The second kappa shape index (κ2) is 8.74. The van der Waals surface area contributed by atoms with E-state index in [0.717, 1.165) is 38.5 Å². The Kier molecular flexibility index (Phi) is 7.53. The number of rotatable bonds is 8. The molecule has 1 aliphatic rings. The molecule has 1 atom stereocenters. The Bertz CT molecular complexity index is 447. The van der Waals surface area contributed by atoms with Crippen LogP contribution in [0.2, 0.25) is 0 Å². The molecule has 0 spiro atoms. The number of hydrogen-bond donors (Lipinski definition) is 4. The molecule has 146 valence electrons. The van der Waals surface area contributed by atoms with Crippen molar-refractivity contribution >= 4 is 12.2 Å². The predicted molar refractivity (Wildman–Crippen MR) is 97.8 cm³/mol. The zero-order valence-electron chi connectivity index (χ0n) is 16.3. The lowest BCUT2D eigenvalue weighted by Crippen LogP contribution is -2.67. The van der Waals surface area contributed by atoms with Gasteiger partial charge in [0.25, 0.3) is 0 Å². The highest BCUT2D eigenvalue weighted by Gasteiger charge is 2.47. The zero-order chi connectivity index (χ0) is 19.3. The number of unbranched alkanes of at least 4 members (excludes halogenated alkanes) is 2. The van der Waals surface area contributed by atoms with Crippen molar-refractivity contribution < 1.29 is 19.8 Å². The molecule has 0 saturated carbocycles. The molecule has 0 aromatic carbocycles. The summed E-state index contributed by atoms with van der Waals surface area (Å²) in [6, 6.07) is 0. The van der Waals surface area contributed by atoms with E-state index >= 15 is 0 Å². The lowest BCUT2D eigenvalue weighted by molar-refractivity contribution is -0.0881. The molecule has 1 heterocycles. The van der Waals surface area contributed by atoms with Crippen LogP contribution < -0.4 is 10.6 Å². The molecule has 0 aromatic heterocycles. The van der Waals surface area contributed by atoms with E-state index in [2.05, 4.69) is 50.2 Å². The van der Waals surface area contributed by atoms with Crippen molar-refractivity contribution in [1.82, 2.24) is 15.5 Å². The lowest BCUT2D eigenvalue weighted by Gasteiger charge is -2.57. The molecule has 1 aliphatic heterocycles. The van der Waals surface area contributed by atoms with Gasteiger partial charge in [-0.25, -0.2) is 9.59 Å². The molecule has 0 bridgehead atoms. The molecule has 1 rings (SSSR count). The molecule has 0 aromatic rings. The highest BCUT2D eigenvalue weighted by molar-refractivity contribution is 5.64. The number of nitrogens with zero attached hydrogens (tertiary/aromatic N) is 1. The monoisotopic (exact) mass is 357 g/mol. The zero-order valence-corrected chi connectivity index (χ0v) is 16.3. The highest BCUT2D eigenvalue weighted by Crippen LogP contribution is 2.42. The largest absolute Gasteiger partial charge is 0.465 e. The predicted octanol–water partition coefficient (Wildman–Crippen LogP) is 3.70. The van der Waals surface area contributed by atoms with Crippen LogP contribution in [0.4, 0.5) is 9.59 Å². The van der Waals surface area contributed by atoms with Crippen molar-refractivity contribution in [3.63, 3.8) is 0 Å². The SMILES string of the molecule is CC1CC(C)(C)N(C(CCCCCNC(=O)O)NC(=O)O)C(C)(C)C1. The molecule has 1 unspecified atom stereocenters. The van der Waals surface area contributed by atoms with Crippen LogP contribution in [-0.4, -0.2) is 51.1 Å². The standard InChI is InChI=1S/C18H35N3O4/c1-13-11-17(2,3)21(18(4,5)12-13)14(20-16(24)25)9-7-6-8-10-19-15(22)23/h13-14,19-20H,6-12H2,1-5H3,(H,22,23)(H,24,25). The minimum atomic E-state index is -1.00. The summed E-state index contributed by atoms with van der Waals surface area (Å²) in [5, 5.41) is 22.9. The van der Waals surface area contributed by atoms with Crippen molar-refractivity contribution in [1.29, 1.82) is 0 Å². The third-order valence-corrected chi connectivity index (χ3v) is 5.03. The summed E-state index contributed by atoms with van der Waals surface area (Å²) < 4.78 is 0. The van der Waals surface area contributed by atoms with Gasteiger partial charge in [0.1, 0.15) is 0 Å². The normalized spacial score (nSPS) is 21.5. The third-order valence-electron chi connectivity index (χ3n) is 5.03. The molecule has 1 saturated heterocycles. The van der Waals surface area contributed by atoms with E-state index in [-0.39, 0.29) is 17.2 Å². The topological polar surface area (TPSA) is 102 Å². The molecule has 0 radical (unpaired) electrons. The minimum absolute atomic E-state index is 0.0842. The summed E-state index contributed by atoms with van der Waals surface area (Å²) in [7, 11) is 0. The summed E-state index contributed by atoms with van der Waals surface area (Å²) in [6.07, 6.45) is 3.04. The number of piperidine rings is 1. The minimum Gasteiger partial charge on any atom is -0.465 e. The number of nitrogens with one attached hydrogen (secondary N) is 2. The molecular weight excluding hydrogens is 322 g/mol. The fourth-order valence-corrected chi connectivity index (χ4v) is 4.88. The fraction of sp³-hybridized carbons (Fsp3) is 0.889. The second-order valence-corrected chi connectivity index (χ2v) is 8.55. The average Bonchev–Trinajstić information content (AvgIpc) is 2.37. The third kappa shape index (κ3) is 6.72. The maximum absolute atomic E-state index is 11.3. The smallest absolute Gasteiger partial charge is 0.405 e. The summed E-state index contributed by atoms with van der Waals surface area (Å²) in [5.74, 6) is 0.605. The van der Waals surface area contributed by atoms with Gasteiger partial charge in [-0.2, -0.15) is 0 Å². The first kappa shape index (κ1) is 21.5. The maximum atomic E-state index is 11.3. The van der Waals surface area contributed by atoms with Crippen LogP contribution in [-0.2, 0) is 0 Å². The van der Waals surface area contributed by atoms with Crippen LogP contribution in [0.25, 0.3) is 0 Å². The van der Waals surface area contributed by atoms with Gasteiger partial charge in [-0.05, 0) is 65.7 Å². The average molecular weight is 357 g/mol.